The lowest BCUT2D eigenvalue weighted by molar-refractivity contribution is 0.0656. The molecule has 0 spiro atoms. The highest BCUT2D eigenvalue weighted by molar-refractivity contribution is 7.99. The van der Waals surface area contributed by atoms with Gasteiger partial charge in [-0.3, -0.25) is 0 Å². The first kappa shape index (κ1) is 11.2. The SMILES string of the molecule is N#Cc1ccc(Sc2ccc(C(=O)O)o2)cn1. The van der Waals surface area contributed by atoms with Crippen LogP contribution in [-0.2, 0) is 0 Å². The minimum absolute atomic E-state index is 0.103. The molecule has 0 aromatic carbocycles. The number of furan rings is 1. The van der Waals surface area contributed by atoms with Gasteiger partial charge < -0.3 is 9.52 Å². The molecule has 1 N–H and O–H groups in total. The molecule has 0 saturated carbocycles. The topological polar surface area (TPSA) is 87.1 Å². The van der Waals surface area contributed by atoms with Gasteiger partial charge in [-0.25, -0.2) is 9.78 Å². The second-order valence-corrected chi connectivity index (χ2v) is 4.09. The van der Waals surface area contributed by atoms with Gasteiger partial charge in [-0.15, -0.1) is 0 Å². The summed E-state index contributed by atoms with van der Waals surface area (Å²) < 4.78 is 5.08. The number of hydrogen-bond donors (Lipinski definition) is 1. The van der Waals surface area contributed by atoms with Crippen molar-refractivity contribution < 1.29 is 14.3 Å². The summed E-state index contributed by atoms with van der Waals surface area (Å²) in [6.07, 6.45) is 1.53. The Balaban J connectivity index is 2.14. The second-order valence-electron chi connectivity index (χ2n) is 3.02. The fourth-order valence-corrected chi connectivity index (χ4v) is 1.85. The molecule has 2 aromatic heterocycles. The summed E-state index contributed by atoms with van der Waals surface area (Å²) in [5.74, 6) is -1.20. The number of pyridine rings is 1. The summed E-state index contributed by atoms with van der Waals surface area (Å²) in [7, 11) is 0. The van der Waals surface area contributed by atoms with Crippen molar-refractivity contribution in [3.05, 3.63) is 41.9 Å². The maximum atomic E-state index is 10.6. The minimum Gasteiger partial charge on any atom is -0.475 e. The summed E-state index contributed by atoms with van der Waals surface area (Å²) in [5.41, 5.74) is 0.333. The van der Waals surface area contributed by atoms with Gasteiger partial charge >= 0.3 is 5.97 Å². The predicted octanol–water partition coefficient (Wildman–Crippen LogP) is 2.40. The zero-order chi connectivity index (χ0) is 12.3. The van der Waals surface area contributed by atoms with E-state index in [-0.39, 0.29) is 5.76 Å². The van der Waals surface area contributed by atoms with Gasteiger partial charge in [-0.05, 0) is 24.3 Å². The molecule has 0 unspecified atom stereocenters. The molecule has 0 aliphatic heterocycles. The van der Waals surface area contributed by atoms with Gasteiger partial charge in [0.1, 0.15) is 11.8 Å². The van der Waals surface area contributed by atoms with Crippen LogP contribution >= 0.6 is 11.8 Å². The lowest BCUT2D eigenvalue weighted by atomic mass is 10.4. The van der Waals surface area contributed by atoms with Gasteiger partial charge in [-0.2, -0.15) is 5.26 Å². The Morgan fingerprint density at radius 3 is 2.76 bits per heavy atom. The maximum Gasteiger partial charge on any atom is 0.371 e. The molecule has 84 valence electrons. The average Bonchev–Trinajstić information content (AvgIpc) is 2.79. The quantitative estimate of drug-likeness (QED) is 0.894. The smallest absolute Gasteiger partial charge is 0.371 e. The van der Waals surface area contributed by atoms with E-state index in [1.165, 1.54) is 24.0 Å². The Bertz CT molecular complexity index is 584. The number of carbonyl (C=O) groups is 1. The lowest BCUT2D eigenvalue weighted by Gasteiger charge is -1.96. The normalized spacial score (nSPS) is 9.82. The molecule has 0 fully saturated rings. The van der Waals surface area contributed by atoms with Gasteiger partial charge in [0, 0.05) is 11.1 Å². The zero-order valence-corrected chi connectivity index (χ0v) is 9.27. The third kappa shape index (κ3) is 2.65. The van der Waals surface area contributed by atoms with Crippen LogP contribution < -0.4 is 0 Å². The van der Waals surface area contributed by atoms with Crippen LogP contribution in [0.15, 0.2) is 44.9 Å². The fraction of sp³-hybridized carbons (Fsp3) is 0. The van der Waals surface area contributed by atoms with Crippen LogP contribution in [0.1, 0.15) is 16.2 Å². The Kier molecular flexibility index (Phi) is 3.12. The average molecular weight is 246 g/mol. The first-order chi connectivity index (χ1) is 8.19. The third-order valence-corrected chi connectivity index (χ3v) is 2.76. The van der Waals surface area contributed by atoms with Crippen molar-refractivity contribution in [2.24, 2.45) is 0 Å². The van der Waals surface area contributed by atoms with Crippen LogP contribution in [0, 0.1) is 11.3 Å². The number of nitrogens with zero attached hydrogens (tertiary/aromatic N) is 2. The molecule has 0 aliphatic rings. The highest BCUT2D eigenvalue weighted by Gasteiger charge is 2.09. The van der Waals surface area contributed by atoms with E-state index in [9.17, 15) is 4.79 Å². The van der Waals surface area contributed by atoms with Gasteiger partial charge in [0.05, 0.1) is 0 Å². The lowest BCUT2D eigenvalue weighted by Crippen LogP contribution is -1.91. The van der Waals surface area contributed by atoms with E-state index in [0.717, 1.165) is 4.90 Å². The first-order valence-corrected chi connectivity index (χ1v) is 5.38. The van der Waals surface area contributed by atoms with Crippen LogP contribution in [-0.4, -0.2) is 16.1 Å². The van der Waals surface area contributed by atoms with E-state index >= 15 is 0 Å². The Morgan fingerprint density at radius 2 is 2.24 bits per heavy atom. The highest BCUT2D eigenvalue weighted by Crippen LogP contribution is 2.28. The Hall–Kier alpha value is -2.26. The summed E-state index contributed by atoms with van der Waals surface area (Å²) >= 11 is 1.24. The van der Waals surface area contributed by atoms with Gasteiger partial charge in [-0.1, -0.05) is 11.8 Å². The zero-order valence-electron chi connectivity index (χ0n) is 8.45. The van der Waals surface area contributed by atoms with E-state index in [1.54, 1.807) is 18.2 Å². The van der Waals surface area contributed by atoms with Crippen LogP contribution in [0.25, 0.3) is 0 Å². The van der Waals surface area contributed by atoms with Crippen molar-refractivity contribution in [3.8, 4) is 6.07 Å². The molecule has 17 heavy (non-hydrogen) atoms. The molecule has 0 radical (unpaired) electrons. The molecule has 5 nitrogen and oxygen atoms in total. The van der Waals surface area contributed by atoms with Gasteiger partial charge in [0.15, 0.2) is 5.09 Å². The number of aromatic nitrogens is 1. The number of rotatable bonds is 3. The number of hydrogen-bond acceptors (Lipinski definition) is 5. The molecule has 0 bridgehead atoms. The molecule has 2 rings (SSSR count). The second kappa shape index (κ2) is 4.72. The summed E-state index contributed by atoms with van der Waals surface area (Å²) in [6.45, 7) is 0. The monoisotopic (exact) mass is 246 g/mol. The van der Waals surface area contributed by atoms with E-state index < -0.39 is 5.97 Å². The molecule has 2 heterocycles. The van der Waals surface area contributed by atoms with E-state index in [4.69, 9.17) is 14.8 Å². The van der Waals surface area contributed by atoms with Crippen molar-refractivity contribution in [2.45, 2.75) is 9.99 Å². The van der Waals surface area contributed by atoms with Crippen molar-refractivity contribution in [2.75, 3.05) is 0 Å². The minimum atomic E-state index is -1.10. The fourth-order valence-electron chi connectivity index (χ4n) is 1.11. The highest BCUT2D eigenvalue weighted by atomic mass is 32.2. The van der Waals surface area contributed by atoms with Crippen molar-refractivity contribution >= 4 is 17.7 Å². The van der Waals surface area contributed by atoms with E-state index in [1.807, 2.05) is 6.07 Å². The maximum absolute atomic E-state index is 10.6. The molecule has 0 amide bonds. The number of aromatic carboxylic acids is 1. The van der Waals surface area contributed by atoms with Crippen LogP contribution in [0.2, 0.25) is 0 Å². The molecule has 6 heteroatoms. The first-order valence-electron chi connectivity index (χ1n) is 4.56. The summed E-state index contributed by atoms with van der Waals surface area (Å²) in [4.78, 5) is 15.3. The summed E-state index contributed by atoms with van der Waals surface area (Å²) in [6, 6.07) is 8.19. The summed E-state index contributed by atoms with van der Waals surface area (Å²) in [5, 5.41) is 17.7. The third-order valence-electron chi connectivity index (χ3n) is 1.86. The van der Waals surface area contributed by atoms with Crippen LogP contribution in [0.3, 0.4) is 0 Å². The largest absolute Gasteiger partial charge is 0.475 e. The van der Waals surface area contributed by atoms with Crippen molar-refractivity contribution in [3.63, 3.8) is 0 Å². The number of carboxylic acids is 1. The molecular weight excluding hydrogens is 240 g/mol. The van der Waals surface area contributed by atoms with E-state index in [0.29, 0.717) is 10.8 Å². The number of carboxylic acid groups (broad SMARTS) is 1. The standard InChI is InChI=1S/C11H6N2O3S/c12-5-7-1-2-8(6-13-7)17-10-4-3-9(16-10)11(14)15/h1-4,6H,(H,14,15). The predicted molar refractivity (Wildman–Crippen MR) is 58.7 cm³/mol. The molecule has 0 saturated heterocycles. The molecule has 0 atom stereocenters. The van der Waals surface area contributed by atoms with Crippen molar-refractivity contribution in [1.29, 1.82) is 5.26 Å². The number of nitriles is 1. The van der Waals surface area contributed by atoms with Crippen molar-refractivity contribution in [1.82, 2.24) is 4.98 Å². The van der Waals surface area contributed by atoms with Gasteiger partial charge in [0.2, 0.25) is 5.76 Å². The Labute approximate surface area is 101 Å². The van der Waals surface area contributed by atoms with Crippen LogP contribution in [0.4, 0.5) is 0 Å². The molecule has 0 aliphatic carbocycles. The van der Waals surface area contributed by atoms with E-state index in [2.05, 4.69) is 4.98 Å². The molecular formula is C11H6N2O3S. The van der Waals surface area contributed by atoms with Crippen LogP contribution in [0.5, 0.6) is 0 Å². The van der Waals surface area contributed by atoms with Gasteiger partial charge in [0.25, 0.3) is 0 Å². The Morgan fingerprint density at radius 1 is 1.41 bits per heavy atom. The molecule has 2 aromatic rings.